The molecule has 2 unspecified atom stereocenters. The zero-order valence-electron chi connectivity index (χ0n) is 25.6. The van der Waals surface area contributed by atoms with E-state index in [0.717, 1.165) is 12.1 Å². The highest BCUT2D eigenvalue weighted by molar-refractivity contribution is 8.00. The van der Waals surface area contributed by atoms with Gasteiger partial charge in [0, 0.05) is 32.7 Å². The summed E-state index contributed by atoms with van der Waals surface area (Å²) in [7, 11) is 0. The van der Waals surface area contributed by atoms with Crippen LogP contribution in [-0.4, -0.2) is 9.13 Å². The van der Waals surface area contributed by atoms with E-state index in [1.54, 1.807) is 0 Å². The summed E-state index contributed by atoms with van der Waals surface area (Å²) in [6.07, 6.45) is 8.03. The third kappa shape index (κ3) is 4.15. The van der Waals surface area contributed by atoms with Crippen molar-refractivity contribution in [2.45, 2.75) is 22.7 Å². The molecule has 1 aliphatic carbocycles. The molecule has 224 valence electrons. The standard InChI is InChI=1S/C43H30N3S/c1-3-12-28(13-4-1)43-44-36-27-30(22-25-40(36)47-43)29-14-11-17-32(26-29)45-38-21-10-8-19-35(38)41-39(45)24-23-34-33-18-7-9-20-37(33)46(42(34)41)31-15-5-2-6-16-31/h1-16,18-27,32,43H,17H2/q-1. The van der Waals surface area contributed by atoms with Crippen LogP contribution in [0.4, 0.5) is 5.69 Å². The largest absolute Gasteiger partial charge is 0.668 e. The van der Waals surface area contributed by atoms with Gasteiger partial charge in [-0.3, -0.25) is 0 Å². The highest BCUT2D eigenvalue weighted by Gasteiger charge is 2.23. The molecule has 2 aromatic heterocycles. The molecular weight excluding hydrogens is 591 g/mol. The number of benzene rings is 6. The van der Waals surface area contributed by atoms with Crippen molar-refractivity contribution >= 4 is 66.6 Å². The van der Waals surface area contributed by atoms with Crippen LogP contribution in [0.15, 0.2) is 163 Å². The minimum Gasteiger partial charge on any atom is -0.668 e. The van der Waals surface area contributed by atoms with Gasteiger partial charge in [0.2, 0.25) is 0 Å². The van der Waals surface area contributed by atoms with Crippen LogP contribution in [0.1, 0.15) is 29.0 Å². The molecule has 6 aromatic carbocycles. The molecule has 4 heteroatoms. The lowest BCUT2D eigenvalue weighted by atomic mass is 9.96. The Balaban J connectivity index is 1.14. The lowest BCUT2D eigenvalue weighted by Crippen LogP contribution is -2.08. The van der Waals surface area contributed by atoms with Crippen LogP contribution in [0.5, 0.6) is 0 Å². The quantitative estimate of drug-likeness (QED) is 0.192. The van der Waals surface area contributed by atoms with Gasteiger partial charge in [0.15, 0.2) is 0 Å². The van der Waals surface area contributed by atoms with E-state index in [0.29, 0.717) is 0 Å². The fourth-order valence-electron chi connectivity index (χ4n) is 7.71. The molecule has 3 nitrogen and oxygen atoms in total. The van der Waals surface area contributed by atoms with E-state index in [2.05, 4.69) is 167 Å². The lowest BCUT2D eigenvalue weighted by molar-refractivity contribution is 0.650. The second-order valence-corrected chi connectivity index (χ2v) is 13.6. The van der Waals surface area contributed by atoms with E-state index < -0.39 is 0 Å². The Morgan fingerprint density at radius 1 is 0.638 bits per heavy atom. The van der Waals surface area contributed by atoms with Gasteiger partial charge >= 0.3 is 0 Å². The summed E-state index contributed by atoms with van der Waals surface area (Å²) in [5, 5.41) is 10.4. The highest BCUT2D eigenvalue weighted by Crippen LogP contribution is 2.55. The molecule has 0 saturated heterocycles. The summed E-state index contributed by atoms with van der Waals surface area (Å²) in [6.45, 7) is 0. The van der Waals surface area contributed by atoms with Crippen LogP contribution in [0.25, 0.3) is 60.2 Å². The van der Waals surface area contributed by atoms with Crippen molar-refractivity contribution in [1.29, 1.82) is 0 Å². The average molecular weight is 621 g/mol. The van der Waals surface area contributed by atoms with Gasteiger partial charge in [0.25, 0.3) is 0 Å². The summed E-state index contributed by atoms with van der Waals surface area (Å²) in [5.41, 5.74) is 11.0. The van der Waals surface area contributed by atoms with E-state index in [4.69, 9.17) is 5.32 Å². The molecule has 2 aliphatic rings. The second-order valence-electron chi connectivity index (χ2n) is 12.5. The fourth-order valence-corrected chi connectivity index (χ4v) is 8.79. The van der Waals surface area contributed by atoms with E-state index >= 15 is 0 Å². The number of para-hydroxylation sites is 3. The van der Waals surface area contributed by atoms with Crippen LogP contribution in [0, 0.1) is 0 Å². The SMILES string of the molecule is C1=CC(c2ccc3c(c2)[N-]C(c2ccccc2)S3)=CC(n2c3ccccc3c3c4c(ccc32)c2ccccc2n4-c2ccccc2)C1. The number of hydrogen-bond acceptors (Lipinski definition) is 1. The molecule has 8 aromatic rings. The van der Waals surface area contributed by atoms with Gasteiger partial charge < -0.3 is 14.5 Å². The first-order valence-electron chi connectivity index (χ1n) is 16.3. The Morgan fingerprint density at radius 3 is 2.23 bits per heavy atom. The Morgan fingerprint density at radius 2 is 1.38 bits per heavy atom. The average Bonchev–Trinajstić information content (AvgIpc) is 3.82. The number of rotatable bonds is 4. The number of allylic oxidation sites excluding steroid dienone is 4. The van der Waals surface area contributed by atoms with Gasteiger partial charge in [0.1, 0.15) is 0 Å². The van der Waals surface area contributed by atoms with E-state index in [9.17, 15) is 0 Å². The molecule has 47 heavy (non-hydrogen) atoms. The maximum atomic E-state index is 5.11. The maximum Gasteiger partial charge on any atom is 0.0641 e. The molecule has 0 N–H and O–H groups in total. The molecule has 0 bridgehead atoms. The Kier molecular flexibility index (Phi) is 6.00. The van der Waals surface area contributed by atoms with Crippen LogP contribution in [-0.2, 0) is 0 Å². The third-order valence-corrected chi connectivity index (χ3v) is 11.0. The highest BCUT2D eigenvalue weighted by atomic mass is 32.2. The molecule has 0 spiro atoms. The number of nitrogens with zero attached hydrogens (tertiary/aromatic N) is 3. The number of fused-ring (bicyclic) bond motifs is 8. The van der Waals surface area contributed by atoms with E-state index in [-0.39, 0.29) is 11.4 Å². The van der Waals surface area contributed by atoms with Crippen LogP contribution in [0.3, 0.4) is 0 Å². The normalized spacial score (nSPS) is 17.4. The summed E-state index contributed by atoms with van der Waals surface area (Å²) >= 11 is 1.84. The number of hydrogen-bond donors (Lipinski definition) is 0. The van der Waals surface area contributed by atoms with Crippen molar-refractivity contribution in [2.24, 2.45) is 0 Å². The van der Waals surface area contributed by atoms with E-state index in [1.165, 1.54) is 70.9 Å². The molecule has 10 rings (SSSR count). The monoisotopic (exact) mass is 620 g/mol. The van der Waals surface area contributed by atoms with Crippen molar-refractivity contribution in [2.75, 3.05) is 0 Å². The fraction of sp³-hybridized carbons (Fsp3) is 0.0698. The molecule has 2 atom stereocenters. The minimum atomic E-state index is 0.117. The Labute approximate surface area is 277 Å². The number of thioether (sulfide) groups is 1. The predicted molar refractivity (Wildman–Crippen MR) is 199 cm³/mol. The van der Waals surface area contributed by atoms with E-state index in [1.807, 2.05) is 11.8 Å². The molecule has 0 saturated carbocycles. The summed E-state index contributed by atoms with van der Waals surface area (Å²) in [4.78, 5) is 1.25. The first-order valence-corrected chi connectivity index (χ1v) is 17.2. The van der Waals surface area contributed by atoms with Crippen LogP contribution < -0.4 is 0 Å². The lowest BCUT2D eigenvalue weighted by Gasteiger charge is -2.25. The molecule has 0 radical (unpaired) electrons. The van der Waals surface area contributed by atoms with Crippen molar-refractivity contribution in [3.8, 4) is 5.69 Å². The zero-order valence-corrected chi connectivity index (χ0v) is 26.4. The van der Waals surface area contributed by atoms with Crippen LogP contribution in [0.2, 0.25) is 0 Å². The smallest absolute Gasteiger partial charge is 0.0641 e. The molecular formula is C43H30N3S-. The summed E-state index contributed by atoms with van der Waals surface area (Å²) in [5.74, 6) is 0. The molecule has 3 heterocycles. The van der Waals surface area contributed by atoms with Crippen molar-refractivity contribution in [3.05, 3.63) is 174 Å². The molecule has 1 aliphatic heterocycles. The van der Waals surface area contributed by atoms with Crippen molar-refractivity contribution in [3.63, 3.8) is 0 Å². The third-order valence-electron chi connectivity index (χ3n) is 9.77. The van der Waals surface area contributed by atoms with Gasteiger partial charge in [0.05, 0.1) is 22.6 Å². The van der Waals surface area contributed by atoms with Crippen LogP contribution >= 0.6 is 11.8 Å². The maximum absolute atomic E-state index is 5.11. The number of aromatic nitrogens is 2. The van der Waals surface area contributed by atoms with Crippen molar-refractivity contribution < 1.29 is 0 Å². The van der Waals surface area contributed by atoms with Gasteiger partial charge in [-0.25, -0.2) is 0 Å². The van der Waals surface area contributed by atoms with Gasteiger partial charge in [-0.2, -0.15) is 0 Å². The minimum absolute atomic E-state index is 0.117. The summed E-state index contributed by atoms with van der Waals surface area (Å²) in [6, 6.07) is 50.8. The van der Waals surface area contributed by atoms with Gasteiger partial charge in [-0.05, 0) is 64.2 Å². The van der Waals surface area contributed by atoms with Crippen molar-refractivity contribution in [1.82, 2.24) is 9.13 Å². The second kappa shape index (κ2) is 10.5. The van der Waals surface area contributed by atoms with Gasteiger partial charge in [-0.15, -0.1) is 17.4 Å². The zero-order chi connectivity index (χ0) is 30.9. The van der Waals surface area contributed by atoms with Gasteiger partial charge in [-0.1, -0.05) is 127 Å². The Hall–Kier alpha value is -5.45. The summed E-state index contributed by atoms with van der Waals surface area (Å²) < 4.78 is 5.03. The topological polar surface area (TPSA) is 24.0 Å². The first-order chi connectivity index (χ1) is 23.3. The predicted octanol–water partition coefficient (Wildman–Crippen LogP) is 12.3. The Bertz CT molecular complexity index is 2550. The molecule has 0 amide bonds. The molecule has 0 fully saturated rings. The first kappa shape index (κ1) is 26.7.